The topological polar surface area (TPSA) is 38.3 Å². The van der Waals surface area contributed by atoms with E-state index in [1.54, 1.807) is 18.2 Å². The zero-order valence-electron chi connectivity index (χ0n) is 13.4. The number of amides is 1. The highest BCUT2D eigenvalue weighted by molar-refractivity contribution is 7.80. The number of nitrogens with one attached hydrogen (secondary N) is 1. The van der Waals surface area contributed by atoms with Crippen molar-refractivity contribution in [3.8, 4) is 0 Å². The number of carbonyl (C=O) groups is 1. The first-order valence-corrected chi connectivity index (χ1v) is 8.44. The minimum absolute atomic E-state index is 0.301. The molecule has 0 spiro atoms. The third-order valence-corrected chi connectivity index (χ3v) is 3.74. The summed E-state index contributed by atoms with van der Waals surface area (Å²) in [6.07, 6.45) is 0. The van der Waals surface area contributed by atoms with Crippen LogP contribution in [0.25, 0.3) is 0 Å². The predicted molar refractivity (Wildman–Crippen MR) is 104 cm³/mol. The Morgan fingerprint density at radius 2 is 1.48 bits per heavy atom. The maximum atomic E-state index is 11.9. The second-order valence-corrected chi connectivity index (χ2v) is 5.94. The van der Waals surface area contributed by atoms with Crippen LogP contribution >= 0.6 is 24.2 Å². The highest BCUT2D eigenvalue weighted by Gasteiger charge is 2.10. The predicted octanol–water partition coefficient (Wildman–Crippen LogP) is 5.18. The number of hydrogen-bond donors (Lipinski definition) is 2. The van der Waals surface area contributed by atoms with E-state index in [4.69, 9.17) is 16.4 Å². The molecule has 0 radical (unpaired) electrons. The van der Waals surface area contributed by atoms with Gasteiger partial charge < -0.3 is 0 Å². The molecule has 1 N–H and O–H groups in total. The molecule has 1 amide bonds. The molecular formula is C20H18ClNO2S. The standard InChI is InChI=1S/C14H12ClNO2S.C6H6/c15-11-6-7-13(19)12(8-11)14(17)16-18-9-10-4-2-1-3-5-10;1-2-4-6-5-3-1/h1-8,19H,9H2,(H,16,17);1-6H. The molecule has 3 nitrogen and oxygen atoms in total. The molecule has 0 fully saturated rings. The average molecular weight is 372 g/mol. The summed E-state index contributed by atoms with van der Waals surface area (Å²) in [6, 6.07) is 26.4. The van der Waals surface area contributed by atoms with Crippen molar-refractivity contribution < 1.29 is 9.63 Å². The van der Waals surface area contributed by atoms with Gasteiger partial charge in [-0.1, -0.05) is 78.3 Å². The first kappa shape index (κ1) is 19.1. The minimum Gasteiger partial charge on any atom is -0.269 e. The van der Waals surface area contributed by atoms with E-state index in [0.717, 1.165) is 5.56 Å². The van der Waals surface area contributed by atoms with Crippen molar-refractivity contribution in [2.75, 3.05) is 0 Å². The van der Waals surface area contributed by atoms with Gasteiger partial charge in [-0.2, -0.15) is 0 Å². The van der Waals surface area contributed by atoms with Crippen molar-refractivity contribution >= 4 is 30.1 Å². The van der Waals surface area contributed by atoms with Crippen LogP contribution in [0.5, 0.6) is 0 Å². The third-order valence-electron chi connectivity index (χ3n) is 3.12. The van der Waals surface area contributed by atoms with E-state index in [1.807, 2.05) is 66.7 Å². The summed E-state index contributed by atoms with van der Waals surface area (Å²) in [4.78, 5) is 17.6. The number of benzene rings is 3. The fourth-order valence-electron chi connectivity index (χ4n) is 1.89. The second-order valence-electron chi connectivity index (χ2n) is 5.02. The summed E-state index contributed by atoms with van der Waals surface area (Å²) in [5.74, 6) is -0.372. The molecule has 3 aromatic rings. The van der Waals surface area contributed by atoms with E-state index >= 15 is 0 Å². The Kier molecular flexibility index (Phi) is 8.05. The summed E-state index contributed by atoms with van der Waals surface area (Å²) < 4.78 is 0. The van der Waals surface area contributed by atoms with E-state index in [1.165, 1.54) is 0 Å². The zero-order valence-corrected chi connectivity index (χ0v) is 15.1. The molecule has 128 valence electrons. The van der Waals surface area contributed by atoms with Gasteiger partial charge in [0, 0.05) is 9.92 Å². The van der Waals surface area contributed by atoms with Gasteiger partial charge in [0.05, 0.1) is 12.2 Å². The van der Waals surface area contributed by atoms with Crippen molar-refractivity contribution in [1.82, 2.24) is 5.48 Å². The summed E-state index contributed by atoms with van der Waals surface area (Å²) in [5.41, 5.74) is 3.72. The van der Waals surface area contributed by atoms with Gasteiger partial charge in [-0.15, -0.1) is 12.6 Å². The normalized spacial score (nSPS) is 9.68. The minimum atomic E-state index is -0.372. The zero-order chi connectivity index (χ0) is 17.9. The van der Waals surface area contributed by atoms with Crippen molar-refractivity contribution in [2.45, 2.75) is 11.5 Å². The van der Waals surface area contributed by atoms with Gasteiger partial charge in [-0.25, -0.2) is 5.48 Å². The van der Waals surface area contributed by atoms with Crippen molar-refractivity contribution in [3.05, 3.63) is 101 Å². The maximum Gasteiger partial charge on any atom is 0.276 e. The number of halogens is 1. The Balaban J connectivity index is 0.000000316. The van der Waals surface area contributed by atoms with Crippen LogP contribution in [0.4, 0.5) is 0 Å². The van der Waals surface area contributed by atoms with Gasteiger partial charge in [0.1, 0.15) is 0 Å². The monoisotopic (exact) mass is 371 g/mol. The van der Waals surface area contributed by atoms with Crippen molar-refractivity contribution in [2.24, 2.45) is 0 Å². The lowest BCUT2D eigenvalue weighted by molar-refractivity contribution is 0.0231. The molecule has 0 aliphatic heterocycles. The SMILES string of the molecule is O=C(NOCc1ccccc1)c1cc(Cl)ccc1S.c1ccccc1. The third kappa shape index (κ3) is 7.01. The second kappa shape index (κ2) is 10.6. The molecule has 5 heteroatoms. The molecule has 0 aliphatic rings. The molecular weight excluding hydrogens is 354 g/mol. The van der Waals surface area contributed by atoms with Gasteiger partial charge in [0.15, 0.2) is 0 Å². The molecule has 3 aromatic carbocycles. The van der Waals surface area contributed by atoms with Gasteiger partial charge in [-0.3, -0.25) is 9.63 Å². The van der Waals surface area contributed by atoms with Gasteiger partial charge >= 0.3 is 0 Å². The quantitative estimate of drug-likeness (QED) is 0.490. The molecule has 0 bridgehead atoms. The van der Waals surface area contributed by atoms with Gasteiger partial charge in [0.2, 0.25) is 0 Å². The Morgan fingerprint density at radius 3 is 2.08 bits per heavy atom. The molecule has 0 saturated carbocycles. The molecule has 0 heterocycles. The van der Waals surface area contributed by atoms with Gasteiger partial charge in [-0.05, 0) is 23.8 Å². The molecule has 0 aromatic heterocycles. The van der Waals surface area contributed by atoms with Crippen LogP contribution in [-0.4, -0.2) is 5.91 Å². The van der Waals surface area contributed by atoms with E-state index < -0.39 is 0 Å². The fraction of sp³-hybridized carbons (Fsp3) is 0.0500. The molecule has 0 atom stereocenters. The fourth-order valence-corrected chi connectivity index (χ4v) is 2.30. The Morgan fingerprint density at radius 1 is 0.920 bits per heavy atom. The lowest BCUT2D eigenvalue weighted by Gasteiger charge is -2.08. The highest BCUT2D eigenvalue weighted by atomic mass is 35.5. The first-order valence-electron chi connectivity index (χ1n) is 7.61. The molecule has 0 aliphatic carbocycles. The van der Waals surface area contributed by atoms with Crippen LogP contribution in [0.1, 0.15) is 15.9 Å². The molecule has 0 saturated heterocycles. The van der Waals surface area contributed by atoms with Crippen molar-refractivity contribution in [3.63, 3.8) is 0 Å². The lowest BCUT2D eigenvalue weighted by atomic mass is 10.2. The number of rotatable bonds is 4. The van der Waals surface area contributed by atoms with Crippen LogP contribution in [0.2, 0.25) is 5.02 Å². The van der Waals surface area contributed by atoms with Crippen LogP contribution in [0.3, 0.4) is 0 Å². The Hall–Kier alpha value is -2.27. The van der Waals surface area contributed by atoms with Crippen molar-refractivity contribution in [1.29, 1.82) is 0 Å². The molecule has 3 rings (SSSR count). The Bertz CT molecular complexity index is 756. The highest BCUT2D eigenvalue weighted by Crippen LogP contribution is 2.19. The van der Waals surface area contributed by atoms with Crippen LogP contribution < -0.4 is 5.48 Å². The number of thiol groups is 1. The molecule has 25 heavy (non-hydrogen) atoms. The van der Waals surface area contributed by atoms with Crippen LogP contribution in [-0.2, 0) is 11.4 Å². The van der Waals surface area contributed by atoms with Crippen LogP contribution in [0, 0.1) is 0 Å². The van der Waals surface area contributed by atoms with E-state index in [0.29, 0.717) is 22.1 Å². The number of hydroxylamine groups is 1. The van der Waals surface area contributed by atoms with Crippen LogP contribution in [0.15, 0.2) is 89.8 Å². The number of hydrogen-bond acceptors (Lipinski definition) is 3. The average Bonchev–Trinajstić information content (AvgIpc) is 2.66. The summed E-state index contributed by atoms with van der Waals surface area (Å²) in [7, 11) is 0. The van der Waals surface area contributed by atoms with E-state index in [2.05, 4.69) is 18.1 Å². The first-order chi connectivity index (χ1) is 12.2. The summed E-state index contributed by atoms with van der Waals surface area (Å²) >= 11 is 10.0. The summed E-state index contributed by atoms with van der Waals surface area (Å²) in [6.45, 7) is 0.301. The van der Waals surface area contributed by atoms with E-state index in [9.17, 15) is 4.79 Å². The maximum absolute atomic E-state index is 11.9. The van der Waals surface area contributed by atoms with Gasteiger partial charge in [0.25, 0.3) is 5.91 Å². The van der Waals surface area contributed by atoms with E-state index in [-0.39, 0.29) is 5.91 Å². The smallest absolute Gasteiger partial charge is 0.269 e. The molecule has 0 unspecified atom stereocenters. The number of carbonyl (C=O) groups excluding carboxylic acids is 1. The lowest BCUT2D eigenvalue weighted by Crippen LogP contribution is -2.24. The Labute approximate surface area is 158 Å². The summed E-state index contributed by atoms with van der Waals surface area (Å²) in [5, 5.41) is 0.478. The largest absolute Gasteiger partial charge is 0.276 e.